The molecule has 2 heterocycles. The van der Waals surface area contributed by atoms with Gasteiger partial charge in [-0.05, 0) is 0 Å². The molecule has 0 bridgehead atoms. The SMILES string of the molecule is CNC1=N[C@@H]2[C@@H](O)[C@H](O)[C@H](CC(O)(F)F)O[C@@H]2S1. The van der Waals surface area contributed by atoms with Crippen LogP contribution in [0.4, 0.5) is 8.78 Å². The molecule has 6 nitrogen and oxygen atoms in total. The maximum Gasteiger partial charge on any atom is 0.355 e. The van der Waals surface area contributed by atoms with Crippen LogP contribution in [0, 0.1) is 0 Å². The van der Waals surface area contributed by atoms with Crippen molar-refractivity contribution >= 4 is 16.9 Å². The lowest BCUT2D eigenvalue weighted by atomic mass is 9.96. The normalized spacial score (nSPS) is 40.3. The highest BCUT2D eigenvalue weighted by Crippen LogP contribution is 2.38. The summed E-state index contributed by atoms with van der Waals surface area (Å²) in [5.74, 6) is 0. The molecule has 0 aromatic carbocycles. The third-order valence-electron chi connectivity index (χ3n) is 2.82. The number of halogens is 2. The van der Waals surface area contributed by atoms with E-state index in [9.17, 15) is 19.0 Å². The van der Waals surface area contributed by atoms with Crippen LogP contribution in [-0.2, 0) is 4.74 Å². The van der Waals surface area contributed by atoms with Gasteiger partial charge in [0.05, 0.1) is 12.5 Å². The molecule has 0 amide bonds. The lowest BCUT2D eigenvalue weighted by Gasteiger charge is -2.38. The van der Waals surface area contributed by atoms with Gasteiger partial charge in [-0.25, -0.2) is 0 Å². The molecule has 0 unspecified atom stereocenters. The van der Waals surface area contributed by atoms with Crippen LogP contribution in [0.5, 0.6) is 0 Å². The second-order valence-electron chi connectivity index (χ2n) is 4.19. The number of amidine groups is 1. The molecule has 4 N–H and O–H groups in total. The van der Waals surface area contributed by atoms with Gasteiger partial charge in [-0.1, -0.05) is 11.8 Å². The van der Waals surface area contributed by atoms with Crippen molar-refractivity contribution in [3.63, 3.8) is 0 Å². The van der Waals surface area contributed by atoms with Gasteiger partial charge in [-0.3, -0.25) is 4.99 Å². The number of aliphatic hydroxyl groups excluding tert-OH is 2. The fraction of sp³-hybridized carbons (Fsp3) is 0.889. The van der Waals surface area contributed by atoms with Gasteiger partial charge in [0.15, 0.2) is 5.17 Å². The van der Waals surface area contributed by atoms with Gasteiger partial charge in [0.2, 0.25) is 0 Å². The monoisotopic (exact) mass is 284 g/mol. The minimum atomic E-state index is -3.95. The molecule has 1 saturated heterocycles. The van der Waals surface area contributed by atoms with Crippen LogP contribution in [0.3, 0.4) is 0 Å². The summed E-state index contributed by atoms with van der Waals surface area (Å²) < 4.78 is 30.3. The lowest BCUT2D eigenvalue weighted by molar-refractivity contribution is -0.245. The number of aliphatic hydroxyl groups is 3. The zero-order valence-electron chi connectivity index (χ0n) is 9.46. The number of nitrogens with zero attached hydrogens (tertiary/aromatic N) is 1. The zero-order chi connectivity index (χ0) is 13.5. The molecular weight excluding hydrogens is 270 g/mol. The molecule has 104 valence electrons. The Balaban J connectivity index is 2.08. The molecule has 2 aliphatic rings. The predicted molar refractivity (Wildman–Crippen MR) is 60.3 cm³/mol. The van der Waals surface area contributed by atoms with Gasteiger partial charge in [-0.2, -0.15) is 8.78 Å². The number of nitrogens with one attached hydrogen (secondary N) is 1. The first-order valence-electron chi connectivity index (χ1n) is 5.36. The molecule has 9 heteroatoms. The second-order valence-corrected chi connectivity index (χ2v) is 5.27. The van der Waals surface area contributed by atoms with Crippen molar-refractivity contribution in [3.05, 3.63) is 0 Å². The van der Waals surface area contributed by atoms with Crippen molar-refractivity contribution in [1.82, 2.24) is 5.32 Å². The first-order valence-corrected chi connectivity index (χ1v) is 6.24. The van der Waals surface area contributed by atoms with Gasteiger partial charge in [-0.15, -0.1) is 0 Å². The van der Waals surface area contributed by atoms with Gasteiger partial charge in [0, 0.05) is 7.05 Å². The highest BCUT2D eigenvalue weighted by molar-refractivity contribution is 8.14. The Morgan fingerprint density at radius 2 is 2.11 bits per heavy atom. The first kappa shape index (κ1) is 13.9. The second kappa shape index (κ2) is 4.89. The topological polar surface area (TPSA) is 94.3 Å². The average molecular weight is 284 g/mol. The summed E-state index contributed by atoms with van der Waals surface area (Å²) in [5, 5.41) is 31.2. The molecule has 0 saturated carbocycles. The molecule has 0 aliphatic carbocycles. The van der Waals surface area contributed by atoms with Gasteiger partial charge in [0.25, 0.3) is 0 Å². The molecule has 0 aromatic rings. The lowest BCUT2D eigenvalue weighted by Crippen LogP contribution is -2.55. The van der Waals surface area contributed by atoms with E-state index in [2.05, 4.69) is 10.3 Å². The Morgan fingerprint density at radius 1 is 1.44 bits per heavy atom. The van der Waals surface area contributed by atoms with Crippen molar-refractivity contribution in [3.8, 4) is 0 Å². The Morgan fingerprint density at radius 3 is 2.67 bits per heavy atom. The number of ether oxygens (including phenoxy) is 1. The summed E-state index contributed by atoms with van der Waals surface area (Å²) in [6, 6.07) is -0.698. The zero-order valence-corrected chi connectivity index (χ0v) is 10.3. The van der Waals surface area contributed by atoms with E-state index < -0.39 is 42.3 Å². The average Bonchev–Trinajstić information content (AvgIpc) is 2.67. The van der Waals surface area contributed by atoms with Gasteiger partial charge in [0.1, 0.15) is 23.7 Å². The van der Waals surface area contributed by atoms with Crippen molar-refractivity contribution in [1.29, 1.82) is 0 Å². The van der Waals surface area contributed by atoms with Crippen LogP contribution in [0.1, 0.15) is 6.42 Å². The molecule has 0 radical (unpaired) electrons. The summed E-state index contributed by atoms with van der Waals surface area (Å²) in [7, 11) is 1.63. The molecule has 0 spiro atoms. The third-order valence-corrected chi connectivity index (χ3v) is 3.98. The van der Waals surface area contributed by atoms with E-state index in [4.69, 9.17) is 9.84 Å². The van der Waals surface area contributed by atoms with E-state index in [0.29, 0.717) is 5.17 Å². The fourth-order valence-corrected chi connectivity index (χ4v) is 3.04. The van der Waals surface area contributed by atoms with Gasteiger partial charge < -0.3 is 25.4 Å². The highest BCUT2D eigenvalue weighted by Gasteiger charge is 2.50. The van der Waals surface area contributed by atoms with Crippen LogP contribution in [-0.4, -0.2) is 63.4 Å². The van der Waals surface area contributed by atoms with E-state index in [-0.39, 0.29) is 0 Å². The number of aliphatic imine (C=N–C) groups is 1. The quantitative estimate of drug-likeness (QED) is 0.525. The summed E-state index contributed by atoms with van der Waals surface area (Å²) in [5.41, 5.74) is -0.641. The number of fused-ring (bicyclic) bond motifs is 1. The van der Waals surface area contributed by atoms with Gasteiger partial charge >= 0.3 is 6.11 Å². The van der Waals surface area contributed by atoms with Crippen LogP contribution in [0.15, 0.2) is 4.99 Å². The molecule has 2 rings (SSSR count). The Bertz CT molecular complexity index is 352. The molecule has 2 aliphatic heterocycles. The van der Waals surface area contributed by atoms with E-state index >= 15 is 0 Å². The number of thioether (sulfide) groups is 1. The summed E-state index contributed by atoms with van der Waals surface area (Å²) >= 11 is 1.15. The largest absolute Gasteiger partial charge is 0.388 e. The fourth-order valence-electron chi connectivity index (χ4n) is 1.96. The summed E-state index contributed by atoms with van der Waals surface area (Å²) in [6.45, 7) is 0. The van der Waals surface area contributed by atoms with Crippen molar-refractivity contribution < 1.29 is 28.8 Å². The third kappa shape index (κ3) is 2.75. The van der Waals surface area contributed by atoms with E-state index in [1.54, 1.807) is 7.05 Å². The van der Waals surface area contributed by atoms with E-state index in [1.165, 1.54) is 0 Å². The minimum absolute atomic E-state index is 0.507. The molecule has 5 atom stereocenters. The summed E-state index contributed by atoms with van der Waals surface area (Å²) in [6.07, 6.45) is -9.16. The van der Waals surface area contributed by atoms with Crippen LogP contribution in [0.25, 0.3) is 0 Å². The maximum absolute atomic E-state index is 12.5. The van der Waals surface area contributed by atoms with Crippen molar-refractivity contribution in [2.75, 3.05) is 7.05 Å². The minimum Gasteiger partial charge on any atom is -0.388 e. The number of alkyl halides is 2. The number of rotatable bonds is 2. The number of hydrogen-bond acceptors (Lipinski definition) is 7. The smallest absolute Gasteiger partial charge is 0.355 e. The Kier molecular flexibility index (Phi) is 3.79. The van der Waals surface area contributed by atoms with Crippen LogP contribution < -0.4 is 5.32 Å². The molecular formula is C9H14F2N2O4S. The Labute approximate surface area is 106 Å². The standard InChI is InChI=1S/C9H14F2N2O4S/c1-12-8-13-4-6(15)5(14)3(2-9(10,11)16)17-7(4)18-8/h3-7,14-16H,2H2,1H3,(H,12,13)/t3-,4+,5+,6+,7+/m0/s1. The van der Waals surface area contributed by atoms with E-state index in [0.717, 1.165) is 11.8 Å². The van der Waals surface area contributed by atoms with Crippen LogP contribution >= 0.6 is 11.8 Å². The van der Waals surface area contributed by atoms with E-state index in [1.807, 2.05) is 0 Å². The first-order chi connectivity index (χ1) is 8.31. The predicted octanol–water partition coefficient (Wildman–Crippen LogP) is -0.901. The number of hydrogen-bond donors (Lipinski definition) is 4. The summed E-state index contributed by atoms with van der Waals surface area (Å²) in [4.78, 5) is 4.07. The van der Waals surface area contributed by atoms with Crippen molar-refractivity contribution in [2.24, 2.45) is 4.99 Å². The van der Waals surface area contributed by atoms with Crippen LogP contribution in [0.2, 0.25) is 0 Å². The maximum atomic E-state index is 12.5. The Hall–Kier alpha value is -0.480. The molecule has 18 heavy (non-hydrogen) atoms. The molecule has 0 aromatic heterocycles. The highest BCUT2D eigenvalue weighted by atomic mass is 32.2. The van der Waals surface area contributed by atoms with Crippen molar-refractivity contribution in [2.45, 2.75) is 42.3 Å². The molecule has 1 fully saturated rings.